The molecule has 1 N–H and O–H groups in total. The molecule has 0 aromatic rings. The number of hydrogen-bond donors (Lipinski definition) is 1. The Kier molecular flexibility index (Phi) is 53.3. The van der Waals surface area contributed by atoms with Crippen molar-refractivity contribution in [1.29, 1.82) is 5.59 Å². The molecule has 0 unspecified atom stereocenters. The maximum Gasteiger partial charge on any atom is 0.154 e. The molecule has 0 amide bonds. The Morgan fingerprint density at radius 1 is 1.67 bits per heavy atom. The molecule has 0 aliphatic carbocycles. The average molecular weight is 92.1 g/mol. The summed E-state index contributed by atoms with van der Waals surface area (Å²) >= 11 is 0. The van der Waals surface area contributed by atoms with Gasteiger partial charge in [0.2, 0.25) is 0 Å². The fourth-order valence-corrected chi connectivity index (χ4v) is 0. The first-order valence-electron chi connectivity index (χ1n) is 0.978. The molecule has 36 valence electrons. The predicted octanol–water partition coefficient (Wildman–Crippen LogP) is 0.646. The molecule has 0 aromatic heterocycles. The second-order valence-corrected chi connectivity index (χ2v) is 0.257. The molecule has 0 atom stereocenters. The number of nitrogens with zero attached hydrogens (tertiary/aromatic N) is 1. The molecule has 0 aliphatic heterocycles. The molecule has 5 heteroatoms. The topological polar surface area (TPSA) is 79.6 Å². The van der Waals surface area contributed by atoms with Crippen molar-refractivity contribution in [2.24, 2.45) is 5.34 Å². The van der Waals surface area contributed by atoms with Crippen molar-refractivity contribution >= 4 is 0 Å². The largest absolute Gasteiger partial charge is 0.367 e. The predicted molar refractivity (Wildman–Crippen MR) is 18.9 cm³/mol. The highest BCUT2D eigenvalue weighted by atomic mass is 16.7. The summed E-state index contributed by atoms with van der Waals surface area (Å²) in [6.07, 6.45) is 0. The molecule has 5 nitrogen and oxygen atoms in total. The van der Waals surface area contributed by atoms with Crippen LogP contribution in [0.3, 0.4) is 0 Å². The van der Waals surface area contributed by atoms with Gasteiger partial charge in [0.25, 0.3) is 0 Å². The van der Waals surface area contributed by atoms with Crippen molar-refractivity contribution in [2.45, 2.75) is 0 Å². The quantitative estimate of drug-likeness (QED) is 0.380. The van der Waals surface area contributed by atoms with Crippen molar-refractivity contribution in [3.8, 4) is 0 Å². The number of nitrogens with one attached hydrogen (secondary N) is 1. The van der Waals surface area contributed by atoms with Gasteiger partial charge in [0.1, 0.15) is 7.11 Å². The van der Waals surface area contributed by atoms with Crippen LogP contribution >= 0.6 is 0 Å². The first kappa shape index (κ1) is 8.89. The molecule has 0 radical (unpaired) electrons. The molecule has 0 rings (SSSR count). The van der Waals surface area contributed by atoms with Crippen molar-refractivity contribution in [2.75, 3.05) is 7.11 Å². The Balaban J connectivity index is 0. The fourth-order valence-electron chi connectivity index (χ4n) is 0. The van der Waals surface area contributed by atoms with Gasteiger partial charge in [-0.15, -0.1) is 4.91 Å². The number of hydrogen-bond acceptors (Lipinski definition) is 5. The van der Waals surface area contributed by atoms with Crippen LogP contribution in [0.1, 0.15) is 0 Å². The average Bonchev–Trinajstić information content (AvgIpc) is 1.72. The highest BCUT2D eigenvalue weighted by Crippen LogP contribution is 1.52. The highest BCUT2D eigenvalue weighted by molar-refractivity contribution is 3.90. The minimum absolute atomic E-state index is 1.20. The zero-order valence-corrected chi connectivity index (χ0v) is 3.17. The lowest BCUT2D eigenvalue weighted by molar-refractivity contribution is 0.208. The highest BCUT2D eigenvalue weighted by Gasteiger charge is 1.44. The molecule has 0 aromatic carbocycles. The van der Waals surface area contributed by atoms with Crippen LogP contribution in [0.25, 0.3) is 0 Å². The van der Waals surface area contributed by atoms with E-state index in [0.717, 1.165) is 0 Å². The minimum atomic E-state index is 1.20. The van der Waals surface area contributed by atoms with Crippen LogP contribution in [-0.4, -0.2) is 7.11 Å². The van der Waals surface area contributed by atoms with Crippen LogP contribution in [0.5, 0.6) is 0 Å². The van der Waals surface area contributed by atoms with E-state index in [1.54, 1.807) is 0 Å². The molecular formula is CH4N2O3. The minimum Gasteiger partial charge on any atom is -0.367 e. The maximum absolute atomic E-state index is 8.70. The van der Waals surface area contributed by atoms with E-state index in [0.29, 0.717) is 0 Å². The van der Waals surface area contributed by atoms with Gasteiger partial charge in [-0.2, -0.15) is 4.91 Å². The SMILES string of the molecule is CON=O.N=O. The van der Waals surface area contributed by atoms with Gasteiger partial charge in [0.15, 0.2) is 5.34 Å². The summed E-state index contributed by atoms with van der Waals surface area (Å²) in [6.45, 7) is 0. The van der Waals surface area contributed by atoms with E-state index in [2.05, 4.69) is 10.4 Å². The molecule has 0 bridgehead atoms. The second-order valence-electron chi connectivity index (χ2n) is 0.257. The molecule has 6 heavy (non-hydrogen) atoms. The number of nitroso groups, excluding NO2 is 1. The lowest BCUT2D eigenvalue weighted by atomic mass is 11.7. The van der Waals surface area contributed by atoms with E-state index in [1.807, 2.05) is 5.34 Å². The summed E-state index contributed by atoms with van der Waals surface area (Å²) in [7, 11) is 1.20. The molecule has 0 spiro atoms. The molecular weight excluding hydrogens is 88.0 g/mol. The third-order valence-electron chi connectivity index (χ3n) is 0.0745. The van der Waals surface area contributed by atoms with Gasteiger partial charge in [-0.3, -0.25) is 0 Å². The van der Waals surface area contributed by atoms with E-state index in [-0.39, 0.29) is 0 Å². The van der Waals surface area contributed by atoms with E-state index < -0.39 is 0 Å². The molecule has 0 aliphatic rings. The van der Waals surface area contributed by atoms with Crippen molar-refractivity contribution in [3.63, 3.8) is 0 Å². The van der Waals surface area contributed by atoms with E-state index >= 15 is 0 Å². The van der Waals surface area contributed by atoms with Crippen LogP contribution in [0.4, 0.5) is 0 Å². The van der Waals surface area contributed by atoms with Crippen molar-refractivity contribution in [1.82, 2.24) is 0 Å². The van der Waals surface area contributed by atoms with Gasteiger partial charge in [-0.05, 0) is 0 Å². The van der Waals surface area contributed by atoms with Crippen LogP contribution in [-0.2, 0) is 4.84 Å². The summed E-state index contributed by atoms with van der Waals surface area (Å²) in [5.41, 5.74) is 4.50. The monoisotopic (exact) mass is 92.0 g/mol. The Bertz CT molecular complexity index is 30.0. The molecule has 0 saturated carbocycles. The molecule has 0 fully saturated rings. The zero-order valence-electron chi connectivity index (χ0n) is 3.17. The van der Waals surface area contributed by atoms with Gasteiger partial charge in [-0.1, -0.05) is 5.59 Å². The summed E-state index contributed by atoms with van der Waals surface area (Å²) in [5.74, 6) is 0. The first-order chi connectivity index (χ1) is 2.91. The van der Waals surface area contributed by atoms with Gasteiger partial charge < -0.3 is 4.84 Å². The van der Waals surface area contributed by atoms with Crippen LogP contribution in [0, 0.1) is 15.4 Å². The lowest BCUT2D eigenvalue weighted by Crippen LogP contribution is -1.53. The van der Waals surface area contributed by atoms with E-state index in [1.165, 1.54) is 7.11 Å². The lowest BCUT2D eigenvalue weighted by Gasteiger charge is -1.63. The fraction of sp³-hybridized carbons (Fsp3) is 1.00. The first-order valence-corrected chi connectivity index (χ1v) is 0.978. The Labute approximate surface area is 34.0 Å². The summed E-state index contributed by atoms with van der Waals surface area (Å²) in [6, 6.07) is 0. The van der Waals surface area contributed by atoms with Gasteiger partial charge in [-0.25, -0.2) is 0 Å². The van der Waals surface area contributed by atoms with E-state index in [4.69, 9.17) is 9.81 Å². The summed E-state index contributed by atoms with van der Waals surface area (Å²) in [4.78, 5) is 19.8. The smallest absolute Gasteiger partial charge is 0.154 e. The van der Waals surface area contributed by atoms with Gasteiger partial charge in [0.05, 0.1) is 0 Å². The summed E-state index contributed by atoms with van der Waals surface area (Å²) in [5, 5.41) is 1.99. The second kappa shape index (κ2) is 36.0. The third kappa shape index (κ3) is 0. The molecule has 0 heterocycles. The van der Waals surface area contributed by atoms with Crippen LogP contribution in [0.15, 0.2) is 5.34 Å². The Morgan fingerprint density at radius 2 is 1.83 bits per heavy atom. The van der Waals surface area contributed by atoms with Gasteiger partial charge in [0, 0.05) is 0 Å². The van der Waals surface area contributed by atoms with Crippen molar-refractivity contribution in [3.05, 3.63) is 9.81 Å². The maximum atomic E-state index is 8.70. The van der Waals surface area contributed by atoms with Crippen LogP contribution < -0.4 is 0 Å². The third-order valence-corrected chi connectivity index (χ3v) is 0.0745. The summed E-state index contributed by atoms with van der Waals surface area (Å²) < 4.78 is 0. The Morgan fingerprint density at radius 3 is 1.83 bits per heavy atom. The normalized spacial score (nSPS) is 4.17. The van der Waals surface area contributed by atoms with Crippen LogP contribution in [0.2, 0.25) is 0 Å². The molecule has 0 saturated heterocycles. The van der Waals surface area contributed by atoms with E-state index in [9.17, 15) is 0 Å². The standard InChI is InChI=1S/CH3NO2.HNO/c1-4-2-3;1-2/h1H3;1H. The Hall–Kier alpha value is -1.00. The van der Waals surface area contributed by atoms with Gasteiger partial charge >= 0.3 is 0 Å². The zero-order chi connectivity index (χ0) is 5.41. The van der Waals surface area contributed by atoms with Crippen molar-refractivity contribution < 1.29 is 4.84 Å². The number of rotatable bonds is 1.